The lowest BCUT2D eigenvalue weighted by atomic mass is 10.2. The molecule has 2 heterocycles. The van der Waals surface area contributed by atoms with Crippen molar-refractivity contribution in [3.63, 3.8) is 0 Å². The van der Waals surface area contributed by atoms with Crippen LogP contribution in [0.4, 0.5) is 10.8 Å². The number of carbonyl (C=O) groups is 1. The molecule has 1 aromatic heterocycles. The van der Waals surface area contributed by atoms with Crippen LogP contribution in [0.25, 0.3) is 0 Å². The lowest BCUT2D eigenvalue weighted by Crippen LogP contribution is -2.36. The van der Waals surface area contributed by atoms with E-state index in [1.165, 1.54) is 17.6 Å². The summed E-state index contributed by atoms with van der Waals surface area (Å²) < 4.78 is 10.2. The molecule has 0 aliphatic carbocycles. The maximum atomic E-state index is 11.5. The second-order valence-electron chi connectivity index (χ2n) is 5.84. The fraction of sp³-hybridized carbons (Fsp3) is 0.389. The second-order valence-corrected chi connectivity index (χ2v) is 6.70. The molecule has 1 aromatic carbocycles. The molecule has 9 heteroatoms. The Bertz CT molecular complexity index is 802. The average Bonchev–Trinajstić information content (AvgIpc) is 3.11. The molecule has 1 saturated heterocycles. The van der Waals surface area contributed by atoms with Gasteiger partial charge in [-0.15, -0.1) is 11.3 Å². The minimum Gasteiger partial charge on any atom is -0.507 e. The third-order valence-electron chi connectivity index (χ3n) is 3.94. The Morgan fingerprint density at radius 1 is 1.48 bits per heavy atom. The number of phenolic OH excluding ortho intramolecular Hbond substituents is 1. The number of benzene rings is 1. The number of carbonyl (C=O) groups excluding carboxylic acids is 1. The van der Waals surface area contributed by atoms with Gasteiger partial charge in [0.2, 0.25) is 5.13 Å². The predicted molar refractivity (Wildman–Crippen MR) is 105 cm³/mol. The molecule has 0 amide bonds. The van der Waals surface area contributed by atoms with Gasteiger partial charge in [0.1, 0.15) is 5.75 Å². The summed E-state index contributed by atoms with van der Waals surface area (Å²) in [5.41, 5.74) is 5.01. The fourth-order valence-electron chi connectivity index (χ4n) is 2.62. The minimum atomic E-state index is -0.303. The van der Waals surface area contributed by atoms with Gasteiger partial charge < -0.3 is 19.5 Å². The van der Waals surface area contributed by atoms with Crippen LogP contribution in [0.1, 0.15) is 18.2 Å². The summed E-state index contributed by atoms with van der Waals surface area (Å²) in [6.07, 6.45) is 1.67. The Morgan fingerprint density at radius 3 is 3.04 bits per heavy atom. The number of ether oxygens (including phenoxy) is 2. The molecule has 0 spiro atoms. The number of thiazole rings is 1. The van der Waals surface area contributed by atoms with Crippen molar-refractivity contribution < 1.29 is 19.4 Å². The summed E-state index contributed by atoms with van der Waals surface area (Å²) in [7, 11) is 0. The van der Waals surface area contributed by atoms with Crippen LogP contribution < -0.4 is 10.3 Å². The number of esters is 1. The summed E-state index contributed by atoms with van der Waals surface area (Å²) in [6, 6.07) is 5.50. The number of anilines is 2. The van der Waals surface area contributed by atoms with Crippen LogP contribution in [0.2, 0.25) is 0 Å². The maximum absolute atomic E-state index is 11.5. The molecular weight excluding hydrogens is 368 g/mol. The first-order chi connectivity index (χ1) is 13.2. The number of rotatable bonds is 7. The molecule has 2 aromatic rings. The highest BCUT2D eigenvalue weighted by molar-refractivity contribution is 7.13. The lowest BCUT2D eigenvalue weighted by molar-refractivity contribution is -0.142. The number of nitrogens with zero attached hydrogens (tertiary/aromatic N) is 3. The fourth-order valence-corrected chi connectivity index (χ4v) is 3.28. The summed E-state index contributed by atoms with van der Waals surface area (Å²) in [6.45, 7) is 5.13. The molecule has 0 bridgehead atoms. The zero-order chi connectivity index (χ0) is 19.1. The summed E-state index contributed by atoms with van der Waals surface area (Å²) in [5.74, 6) is -0.144. The van der Waals surface area contributed by atoms with E-state index < -0.39 is 0 Å². The van der Waals surface area contributed by atoms with E-state index in [-0.39, 0.29) is 18.1 Å². The van der Waals surface area contributed by atoms with Crippen LogP contribution in [-0.2, 0) is 20.7 Å². The highest BCUT2D eigenvalue weighted by Gasteiger charge is 2.12. The van der Waals surface area contributed by atoms with Crippen LogP contribution >= 0.6 is 11.3 Å². The van der Waals surface area contributed by atoms with Gasteiger partial charge in [-0.2, -0.15) is 5.10 Å². The van der Waals surface area contributed by atoms with Crippen molar-refractivity contribution in [3.8, 4) is 5.75 Å². The Labute approximate surface area is 161 Å². The summed E-state index contributed by atoms with van der Waals surface area (Å²) in [5, 5.41) is 16.7. The topological polar surface area (TPSA) is 96.3 Å². The first kappa shape index (κ1) is 19.1. The van der Waals surface area contributed by atoms with Crippen molar-refractivity contribution in [1.82, 2.24) is 4.98 Å². The maximum Gasteiger partial charge on any atom is 0.311 e. The largest absolute Gasteiger partial charge is 0.507 e. The predicted octanol–water partition coefficient (Wildman–Crippen LogP) is 2.24. The van der Waals surface area contributed by atoms with Gasteiger partial charge in [-0.25, -0.2) is 4.98 Å². The molecule has 0 saturated carbocycles. The van der Waals surface area contributed by atoms with Crippen molar-refractivity contribution in [2.75, 3.05) is 43.2 Å². The van der Waals surface area contributed by atoms with E-state index in [0.29, 0.717) is 36.2 Å². The Balaban J connectivity index is 1.56. The number of hydrogen-bond donors (Lipinski definition) is 2. The minimum absolute atomic E-state index is 0.138. The quantitative estimate of drug-likeness (QED) is 0.425. The number of morpholine rings is 1. The number of aromatic nitrogens is 1. The molecule has 1 aliphatic heterocycles. The van der Waals surface area contributed by atoms with Crippen LogP contribution in [0.3, 0.4) is 0 Å². The van der Waals surface area contributed by atoms with Crippen LogP contribution in [0.15, 0.2) is 28.7 Å². The van der Waals surface area contributed by atoms with Crippen molar-refractivity contribution in [2.24, 2.45) is 5.10 Å². The van der Waals surface area contributed by atoms with E-state index in [0.717, 1.165) is 18.8 Å². The standard InChI is InChI=1S/C18H22N4O4S/c1-2-26-17(24)9-14-12-27-18(20-14)21-19-11-13-3-4-15(10-16(13)23)22-5-7-25-8-6-22/h3-4,10-12,23H,2,5-9H2,1H3,(H,20,21). The van der Waals surface area contributed by atoms with Gasteiger partial charge in [-0.3, -0.25) is 10.2 Å². The normalized spacial score (nSPS) is 14.5. The third-order valence-corrected chi connectivity index (χ3v) is 4.73. The van der Waals surface area contributed by atoms with Crippen molar-refractivity contribution in [1.29, 1.82) is 0 Å². The molecule has 0 unspecified atom stereocenters. The molecule has 2 N–H and O–H groups in total. The molecule has 1 fully saturated rings. The van der Waals surface area contributed by atoms with Crippen LogP contribution in [0, 0.1) is 0 Å². The van der Waals surface area contributed by atoms with Gasteiger partial charge in [0.25, 0.3) is 0 Å². The zero-order valence-corrected chi connectivity index (χ0v) is 15.9. The lowest BCUT2D eigenvalue weighted by Gasteiger charge is -2.29. The molecule has 8 nitrogen and oxygen atoms in total. The highest BCUT2D eigenvalue weighted by atomic mass is 32.1. The monoisotopic (exact) mass is 390 g/mol. The van der Waals surface area contributed by atoms with Crippen molar-refractivity contribution in [2.45, 2.75) is 13.3 Å². The molecule has 144 valence electrons. The molecular formula is C18H22N4O4S. The molecule has 27 heavy (non-hydrogen) atoms. The van der Waals surface area contributed by atoms with Crippen molar-refractivity contribution in [3.05, 3.63) is 34.8 Å². The van der Waals surface area contributed by atoms with Gasteiger partial charge in [0, 0.05) is 35.8 Å². The first-order valence-electron chi connectivity index (χ1n) is 8.70. The van der Waals surface area contributed by atoms with Gasteiger partial charge >= 0.3 is 5.97 Å². The second kappa shape index (κ2) is 9.33. The number of aromatic hydroxyl groups is 1. The van der Waals surface area contributed by atoms with E-state index in [2.05, 4.69) is 20.4 Å². The summed E-state index contributed by atoms with van der Waals surface area (Å²) >= 11 is 1.35. The van der Waals surface area contributed by atoms with Crippen LogP contribution in [-0.4, -0.2) is 55.2 Å². The molecule has 3 rings (SSSR count). The summed E-state index contributed by atoms with van der Waals surface area (Å²) in [4.78, 5) is 17.9. The van der Waals surface area contributed by atoms with Gasteiger partial charge in [-0.05, 0) is 19.1 Å². The number of hydrogen-bond acceptors (Lipinski definition) is 9. The number of hydrazone groups is 1. The Morgan fingerprint density at radius 2 is 2.30 bits per heavy atom. The van der Waals surface area contributed by atoms with Gasteiger partial charge in [-0.1, -0.05) is 0 Å². The number of phenols is 1. The van der Waals surface area contributed by atoms with Gasteiger partial charge in [0.15, 0.2) is 0 Å². The highest BCUT2D eigenvalue weighted by Crippen LogP contribution is 2.24. The van der Waals surface area contributed by atoms with Crippen molar-refractivity contribution >= 4 is 34.3 Å². The molecule has 1 aliphatic rings. The van der Waals surface area contributed by atoms with E-state index in [4.69, 9.17) is 9.47 Å². The SMILES string of the molecule is CCOC(=O)Cc1csc(NN=Cc2ccc(N3CCOCC3)cc2O)n1. The third kappa shape index (κ3) is 5.41. The molecule has 0 atom stereocenters. The van der Waals surface area contributed by atoms with Gasteiger partial charge in [0.05, 0.1) is 38.1 Å². The van der Waals surface area contributed by atoms with E-state index in [1.54, 1.807) is 18.4 Å². The van der Waals surface area contributed by atoms with E-state index in [9.17, 15) is 9.90 Å². The Hall–Kier alpha value is -2.65. The van der Waals surface area contributed by atoms with E-state index in [1.807, 2.05) is 12.1 Å². The van der Waals surface area contributed by atoms with Crippen LogP contribution in [0.5, 0.6) is 5.75 Å². The molecule has 0 radical (unpaired) electrons. The van der Waals surface area contributed by atoms with E-state index >= 15 is 0 Å². The number of nitrogens with one attached hydrogen (secondary N) is 1. The average molecular weight is 390 g/mol. The smallest absolute Gasteiger partial charge is 0.311 e. The zero-order valence-electron chi connectivity index (χ0n) is 15.1. The first-order valence-corrected chi connectivity index (χ1v) is 9.58. The Kier molecular flexibility index (Phi) is 6.61.